The van der Waals surface area contributed by atoms with Crippen LogP contribution in [0.1, 0.15) is 17.3 Å². The van der Waals surface area contributed by atoms with Gasteiger partial charge in [0.2, 0.25) is 0 Å². The average molecular weight is 350 g/mol. The maximum atomic E-state index is 12.2. The van der Waals surface area contributed by atoms with Gasteiger partial charge in [-0.3, -0.25) is 4.79 Å². The van der Waals surface area contributed by atoms with Crippen LogP contribution in [0.4, 0.5) is 5.69 Å². The predicted octanol–water partition coefficient (Wildman–Crippen LogP) is 4.25. The SMILES string of the molecule is CSc1ccccc1C(=O)O[C@H](C)C(=O)Nc1cccc(Cl)c1. The van der Waals surface area contributed by atoms with E-state index in [4.69, 9.17) is 16.3 Å². The van der Waals surface area contributed by atoms with Crippen molar-refractivity contribution in [3.63, 3.8) is 0 Å². The van der Waals surface area contributed by atoms with Gasteiger partial charge in [0.15, 0.2) is 6.10 Å². The number of halogens is 1. The van der Waals surface area contributed by atoms with Crippen LogP contribution >= 0.6 is 23.4 Å². The molecular weight excluding hydrogens is 334 g/mol. The first-order chi connectivity index (χ1) is 11.0. The highest BCUT2D eigenvalue weighted by molar-refractivity contribution is 7.98. The number of esters is 1. The molecule has 0 heterocycles. The Morgan fingerprint density at radius 3 is 2.61 bits per heavy atom. The lowest BCUT2D eigenvalue weighted by Gasteiger charge is -2.14. The molecule has 0 saturated heterocycles. The second kappa shape index (κ2) is 8.04. The maximum Gasteiger partial charge on any atom is 0.340 e. The number of hydrogen-bond acceptors (Lipinski definition) is 4. The van der Waals surface area contributed by atoms with Gasteiger partial charge in [-0.1, -0.05) is 29.8 Å². The average Bonchev–Trinajstić information content (AvgIpc) is 2.54. The van der Waals surface area contributed by atoms with Crippen LogP contribution in [0.15, 0.2) is 53.4 Å². The summed E-state index contributed by atoms with van der Waals surface area (Å²) in [5.41, 5.74) is 0.998. The Kier molecular flexibility index (Phi) is 6.07. The van der Waals surface area contributed by atoms with Crippen molar-refractivity contribution in [1.29, 1.82) is 0 Å². The van der Waals surface area contributed by atoms with Crippen molar-refractivity contribution in [1.82, 2.24) is 0 Å². The van der Waals surface area contributed by atoms with E-state index in [0.29, 0.717) is 16.3 Å². The Morgan fingerprint density at radius 1 is 1.17 bits per heavy atom. The first-order valence-corrected chi connectivity index (χ1v) is 8.52. The van der Waals surface area contributed by atoms with Crippen LogP contribution in [0.3, 0.4) is 0 Å². The lowest BCUT2D eigenvalue weighted by Crippen LogP contribution is -2.30. The molecule has 0 unspecified atom stereocenters. The molecule has 0 aliphatic carbocycles. The molecule has 0 aromatic heterocycles. The van der Waals surface area contributed by atoms with Gasteiger partial charge in [-0.15, -0.1) is 11.8 Å². The summed E-state index contributed by atoms with van der Waals surface area (Å²) in [7, 11) is 0. The third-order valence-electron chi connectivity index (χ3n) is 3.07. The smallest absolute Gasteiger partial charge is 0.340 e. The lowest BCUT2D eigenvalue weighted by atomic mass is 10.2. The van der Waals surface area contributed by atoms with Gasteiger partial charge in [0, 0.05) is 15.6 Å². The van der Waals surface area contributed by atoms with Crippen molar-refractivity contribution in [3.05, 3.63) is 59.1 Å². The molecule has 0 saturated carbocycles. The number of benzene rings is 2. The van der Waals surface area contributed by atoms with Gasteiger partial charge in [-0.05, 0) is 43.5 Å². The van der Waals surface area contributed by atoms with Crippen LogP contribution < -0.4 is 5.32 Å². The number of nitrogens with one attached hydrogen (secondary N) is 1. The van der Waals surface area contributed by atoms with E-state index in [1.807, 2.05) is 18.4 Å². The molecule has 1 atom stereocenters. The van der Waals surface area contributed by atoms with Crippen LogP contribution in [0, 0.1) is 0 Å². The second-order valence-corrected chi connectivity index (χ2v) is 6.03. The molecule has 2 rings (SSSR count). The highest BCUT2D eigenvalue weighted by atomic mass is 35.5. The second-order valence-electron chi connectivity index (χ2n) is 4.75. The lowest BCUT2D eigenvalue weighted by molar-refractivity contribution is -0.123. The van der Waals surface area contributed by atoms with Gasteiger partial charge in [0.05, 0.1) is 5.56 Å². The largest absolute Gasteiger partial charge is 0.449 e. The van der Waals surface area contributed by atoms with Crippen molar-refractivity contribution in [2.75, 3.05) is 11.6 Å². The van der Waals surface area contributed by atoms with E-state index in [9.17, 15) is 9.59 Å². The van der Waals surface area contributed by atoms with Crippen LogP contribution in [0.2, 0.25) is 5.02 Å². The summed E-state index contributed by atoms with van der Waals surface area (Å²) in [4.78, 5) is 25.1. The minimum Gasteiger partial charge on any atom is -0.449 e. The molecule has 1 N–H and O–H groups in total. The fourth-order valence-electron chi connectivity index (χ4n) is 1.90. The molecule has 0 fully saturated rings. The molecule has 6 heteroatoms. The van der Waals surface area contributed by atoms with Gasteiger partial charge < -0.3 is 10.1 Å². The van der Waals surface area contributed by atoms with E-state index in [2.05, 4.69) is 5.32 Å². The van der Waals surface area contributed by atoms with Crippen LogP contribution in [-0.4, -0.2) is 24.2 Å². The molecule has 4 nitrogen and oxygen atoms in total. The van der Waals surface area contributed by atoms with Crippen LogP contribution in [-0.2, 0) is 9.53 Å². The molecule has 0 spiro atoms. The number of amides is 1. The van der Waals surface area contributed by atoms with E-state index >= 15 is 0 Å². The Bertz CT molecular complexity index is 720. The Hall–Kier alpha value is -1.98. The van der Waals surface area contributed by atoms with Crippen molar-refractivity contribution >= 4 is 40.9 Å². The van der Waals surface area contributed by atoms with Gasteiger partial charge >= 0.3 is 5.97 Å². The highest BCUT2D eigenvalue weighted by Gasteiger charge is 2.20. The van der Waals surface area contributed by atoms with Gasteiger partial charge in [-0.25, -0.2) is 4.79 Å². The summed E-state index contributed by atoms with van der Waals surface area (Å²) in [5.74, 6) is -0.939. The van der Waals surface area contributed by atoms with E-state index in [0.717, 1.165) is 4.90 Å². The zero-order chi connectivity index (χ0) is 16.8. The van der Waals surface area contributed by atoms with Crippen molar-refractivity contribution in [2.24, 2.45) is 0 Å². The number of carbonyl (C=O) groups is 2. The molecule has 0 radical (unpaired) electrons. The molecule has 0 bridgehead atoms. The van der Waals surface area contributed by atoms with E-state index < -0.39 is 18.0 Å². The van der Waals surface area contributed by atoms with Gasteiger partial charge in [0.25, 0.3) is 5.91 Å². The van der Waals surface area contributed by atoms with Gasteiger partial charge in [0.1, 0.15) is 0 Å². The number of carbonyl (C=O) groups excluding carboxylic acids is 2. The Morgan fingerprint density at radius 2 is 1.91 bits per heavy atom. The number of anilines is 1. The standard InChI is InChI=1S/C17H16ClNO3S/c1-11(16(20)19-13-7-5-6-12(18)10-13)22-17(21)14-8-3-4-9-15(14)23-2/h3-11H,1-2H3,(H,19,20)/t11-/m1/s1. The molecule has 0 aliphatic rings. The Balaban J connectivity index is 2.01. The number of thioether (sulfide) groups is 1. The van der Waals surface area contributed by atoms with Crippen LogP contribution in [0.5, 0.6) is 0 Å². The summed E-state index contributed by atoms with van der Waals surface area (Å²) in [6, 6.07) is 13.9. The molecular formula is C17H16ClNO3S. The summed E-state index contributed by atoms with van der Waals surface area (Å²) >= 11 is 7.31. The fourth-order valence-corrected chi connectivity index (χ4v) is 2.68. The Labute approximate surface area is 144 Å². The molecule has 2 aromatic rings. The highest BCUT2D eigenvalue weighted by Crippen LogP contribution is 2.21. The van der Waals surface area contributed by atoms with Crippen LogP contribution in [0.25, 0.3) is 0 Å². The maximum absolute atomic E-state index is 12.2. The minimum atomic E-state index is -0.920. The normalized spacial score (nSPS) is 11.6. The molecule has 1 amide bonds. The molecule has 0 aliphatic heterocycles. The number of hydrogen-bond donors (Lipinski definition) is 1. The number of rotatable bonds is 5. The summed E-state index contributed by atoms with van der Waals surface area (Å²) in [6.45, 7) is 1.53. The third kappa shape index (κ3) is 4.74. The number of ether oxygens (including phenoxy) is 1. The molecule has 2 aromatic carbocycles. The minimum absolute atomic E-state index is 0.415. The monoisotopic (exact) mass is 349 g/mol. The van der Waals surface area contributed by atoms with Crippen molar-refractivity contribution in [3.8, 4) is 0 Å². The van der Waals surface area contributed by atoms with Crippen molar-refractivity contribution < 1.29 is 14.3 Å². The third-order valence-corrected chi connectivity index (χ3v) is 4.10. The molecule has 23 heavy (non-hydrogen) atoms. The first kappa shape index (κ1) is 17.4. The topological polar surface area (TPSA) is 55.4 Å². The van der Waals surface area contributed by atoms with E-state index in [-0.39, 0.29) is 0 Å². The zero-order valence-corrected chi connectivity index (χ0v) is 14.3. The summed E-state index contributed by atoms with van der Waals surface area (Å²) in [5, 5.41) is 3.18. The quantitative estimate of drug-likeness (QED) is 0.647. The summed E-state index contributed by atoms with van der Waals surface area (Å²) in [6.07, 6.45) is 0.956. The predicted molar refractivity (Wildman–Crippen MR) is 93.2 cm³/mol. The summed E-state index contributed by atoms with van der Waals surface area (Å²) < 4.78 is 5.25. The first-order valence-electron chi connectivity index (χ1n) is 6.91. The fraction of sp³-hybridized carbons (Fsp3) is 0.176. The van der Waals surface area contributed by atoms with E-state index in [1.165, 1.54) is 18.7 Å². The molecule has 120 valence electrons. The van der Waals surface area contributed by atoms with Gasteiger partial charge in [-0.2, -0.15) is 0 Å². The zero-order valence-electron chi connectivity index (χ0n) is 12.7. The van der Waals surface area contributed by atoms with E-state index in [1.54, 1.807) is 36.4 Å². The van der Waals surface area contributed by atoms with Crippen molar-refractivity contribution in [2.45, 2.75) is 17.9 Å².